The standard InChI is InChI=1S/C12H16N2O2S/c13-11(15)8-2-1-3-10(6-8)14-12(16)9-4-5-17-7-9/h4-5,7-8,10H,1-3,6H2,(H2,13,15)(H,14,16). The summed E-state index contributed by atoms with van der Waals surface area (Å²) >= 11 is 1.50. The lowest BCUT2D eigenvalue weighted by Gasteiger charge is -2.27. The van der Waals surface area contributed by atoms with E-state index in [2.05, 4.69) is 5.32 Å². The highest BCUT2D eigenvalue weighted by molar-refractivity contribution is 7.08. The Morgan fingerprint density at radius 3 is 2.88 bits per heavy atom. The molecule has 5 heteroatoms. The van der Waals surface area contributed by atoms with Crippen LogP contribution in [0.5, 0.6) is 0 Å². The van der Waals surface area contributed by atoms with Gasteiger partial charge in [-0.15, -0.1) is 0 Å². The SMILES string of the molecule is NC(=O)C1CCCC(NC(=O)c2ccsc2)C1. The maximum absolute atomic E-state index is 11.8. The van der Waals surface area contributed by atoms with E-state index in [0.717, 1.165) is 19.3 Å². The van der Waals surface area contributed by atoms with Gasteiger partial charge in [0.05, 0.1) is 0 Å². The van der Waals surface area contributed by atoms with Crippen LogP contribution >= 0.6 is 11.3 Å². The molecule has 92 valence electrons. The number of hydrogen-bond acceptors (Lipinski definition) is 3. The minimum absolute atomic E-state index is 0.0543. The van der Waals surface area contributed by atoms with Crippen LogP contribution in [0.2, 0.25) is 0 Å². The fourth-order valence-electron chi connectivity index (χ4n) is 2.24. The zero-order valence-corrected chi connectivity index (χ0v) is 10.3. The quantitative estimate of drug-likeness (QED) is 0.856. The van der Waals surface area contributed by atoms with Gasteiger partial charge in [0, 0.05) is 22.9 Å². The molecule has 2 atom stereocenters. The number of nitrogens with one attached hydrogen (secondary N) is 1. The predicted octanol–water partition coefficient (Wildman–Crippen LogP) is 1.52. The molecule has 0 aromatic carbocycles. The minimum atomic E-state index is -0.250. The third-order valence-electron chi connectivity index (χ3n) is 3.20. The third-order valence-corrected chi connectivity index (χ3v) is 3.88. The molecule has 2 rings (SSSR count). The first kappa shape index (κ1) is 12.1. The molecule has 1 saturated carbocycles. The van der Waals surface area contributed by atoms with Gasteiger partial charge >= 0.3 is 0 Å². The molecule has 17 heavy (non-hydrogen) atoms. The van der Waals surface area contributed by atoms with E-state index in [9.17, 15) is 9.59 Å². The van der Waals surface area contributed by atoms with Crippen molar-refractivity contribution in [2.75, 3.05) is 0 Å². The van der Waals surface area contributed by atoms with E-state index in [-0.39, 0.29) is 23.8 Å². The van der Waals surface area contributed by atoms with E-state index in [1.807, 2.05) is 10.8 Å². The molecule has 0 spiro atoms. The van der Waals surface area contributed by atoms with Crippen molar-refractivity contribution < 1.29 is 9.59 Å². The molecule has 2 unspecified atom stereocenters. The Kier molecular flexibility index (Phi) is 3.78. The van der Waals surface area contributed by atoms with E-state index in [1.165, 1.54) is 11.3 Å². The van der Waals surface area contributed by atoms with E-state index in [0.29, 0.717) is 12.0 Å². The van der Waals surface area contributed by atoms with Crippen LogP contribution in [0.4, 0.5) is 0 Å². The summed E-state index contributed by atoms with van der Waals surface area (Å²) in [6.45, 7) is 0. The number of hydrogen-bond donors (Lipinski definition) is 2. The number of carbonyl (C=O) groups excluding carboxylic acids is 2. The summed E-state index contributed by atoms with van der Waals surface area (Å²) in [5.41, 5.74) is 6.00. The van der Waals surface area contributed by atoms with Crippen molar-refractivity contribution in [3.05, 3.63) is 22.4 Å². The number of thiophene rings is 1. The molecule has 0 aliphatic heterocycles. The molecular weight excluding hydrogens is 236 g/mol. The van der Waals surface area contributed by atoms with Crippen molar-refractivity contribution in [2.45, 2.75) is 31.7 Å². The molecule has 1 heterocycles. The Hall–Kier alpha value is -1.36. The molecule has 4 nitrogen and oxygen atoms in total. The molecular formula is C12H16N2O2S. The Morgan fingerprint density at radius 1 is 1.41 bits per heavy atom. The second kappa shape index (κ2) is 5.31. The van der Waals surface area contributed by atoms with Crippen LogP contribution in [0.1, 0.15) is 36.0 Å². The summed E-state index contributed by atoms with van der Waals surface area (Å²) in [5, 5.41) is 6.67. The third kappa shape index (κ3) is 3.06. The molecule has 2 amide bonds. The number of nitrogens with two attached hydrogens (primary N) is 1. The first-order chi connectivity index (χ1) is 8.16. The number of rotatable bonds is 3. The highest BCUT2D eigenvalue weighted by atomic mass is 32.1. The fraction of sp³-hybridized carbons (Fsp3) is 0.500. The summed E-state index contributed by atoms with van der Waals surface area (Å²) in [5.74, 6) is -0.391. The van der Waals surface area contributed by atoms with Crippen molar-refractivity contribution in [1.82, 2.24) is 5.32 Å². The lowest BCUT2D eigenvalue weighted by molar-refractivity contribution is -0.122. The monoisotopic (exact) mass is 252 g/mol. The van der Waals surface area contributed by atoms with Gasteiger partial charge in [-0.25, -0.2) is 0 Å². The Balaban J connectivity index is 1.91. The average Bonchev–Trinajstić information content (AvgIpc) is 2.82. The van der Waals surface area contributed by atoms with Crippen molar-refractivity contribution in [2.24, 2.45) is 11.7 Å². The fourth-order valence-corrected chi connectivity index (χ4v) is 2.88. The molecule has 3 N–H and O–H groups in total. The summed E-state index contributed by atoms with van der Waals surface area (Å²) in [7, 11) is 0. The topological polar surface area (TPSA) is 72.2 Å². The van der Waals surface area contributed by atoms with Gasteiger partial charge in [-0.05, 0) is 30.7 Å². The maximum Gasteiger partial charge on any atom is 0.252 e. The van der Waals surface area contributed by atoms with E-state index in [4.69, 9.17) is 5.73 Å². The lowest BCUT2D eigenvalue weighted by atomic mass is 9.85. The molecule has 1 aliphatic carbocycles. The maximum atomic E-state index is 11.8. The van der Waals surface area contributed by atoms with Crippen molar-refractivity contribution in [3.8, 4) is 0 Å². The van der Waals surface area contributed by atoms with Gasteiger partial charge in [-0.1, -0.05) is 6.42 Å². The normalized spacial score (nSPS) is 24.2. The minimum Gasteiger partial charge on any atom is -0.369 e. The largest absolute Gasteiger partial charge is 0.369 e. The lowest BCUT2D eigenvalue weighted by Crippen LogP contribution is -2.41. The molecule has 0 radical (unpaired) electrons. The predicted molar refractivity (Wildman–Crippen MR) is 66.7 cm³/mol. The van der Waals surface area contributed by atoms with Crippen LogP contribution in [-0.2, 0) is 4.79 Å². The Bertz CT molecular complexity index is 403. The first-order valence-corrected chi connectivity index (χ1v) is 6.73. The second-order valence-corrected chi connectivity index (χ2v) is 5.23. The van der Waals surface area contributed by atoms with Crippen LogP contribution in [-0.4, -0.2) is 17.9 Å². The van der Waals surface area contributed by atoms with Gasteiger partial charge < -0.3 is 11.1 Å². The first-order valence-electron chi connectivity index (χ1n) is 5.79. The van der Waals surface area contributed by atoms with Crippen molar-refractivity contribution in [3.63, 3.8) is 0 Å². The smallest absolute Gasteiger partial charge is 0.252 e. The van der Waals surface area contributed by atoms with E-state index in [1.54, 1.807) is 6.07 Å². The molecule has 1 aromatic heterocycles. The molecule has 0 bridgehead atoms. The van der Waals surface area contributed by atoms with Crippen LogP contribution < -0.4 is 11.1 Å². The second-order valence-electron chi connectivity index (χ2n) is 4.45. The summed E-state index contributed by atoms with van der Waals surface area (Å²) in [4.78, 5) is 23.0. The van der Waals surface area contributed by atoms with Crippen LogP contribution in [0, 0.1) is 5.92 Å². The number of primary amides is 1. The number of amides is 2. The van der Waals surface area contributed by atoms with Gasteiger partial charge in [0.15, 0.2) is 0 Å². The zero-order valence-electron chi connectivity index (χ0n) is 9.52. The van der Waals surface area contributed by atoms with Gasteiger partial charge in [-0.2, -0.15) is 11.3 Å². The Labute approximate surface area is 104 Å². The highest BCUT2D eigenvalue weighted by Gasteiger charge is 2.26. The van der Waals surface area contributed by atoms with E-state index < -0.39 is 0 Å². The van der Waals surface area contributed by atoms with Gasteiger partial charge in [-0.3, -0.25) is 9.59 Å². The van der Waals surface area contributed by atoms with E-state index >= 15 is 0 Å². The van der Waals surface area contributed by atoms with Gasteiger partial charge in [0.1, 0.15) is 0 Å². The van der Waals surface area contributed by atoms with Crippen LogP contribution in [0.25, 0.3) is 0 Å². The van der Waals surface area contributed by atoms with Crippen molar-refractivity contribution in [1.29, 1.82) is 0 Å². The molecule has 1 aliphatic rings. The molecule has 1 aromatic rings. The van der Waals surface area contributed by atoms with Crippen LogP contribution in [0.3, 0.4) is 0 Å². The number of carbonyl (C=O) groups is 2. The molecule has 1 fully saturated rings. The zero-order chi connectivity index (χ0) is 12.3. The summed E-state index contributed by atoms with van der Waals surface area (Å²) in [6.07, 6.45) is 3.40. The highest BCUT2D eigenvalue weighted by Crippen LogP contribution is 2.24. The Morgan fingerprint density at radius 2 is 2.24 bits per heavy atom. The van der Waals surface area contributed by atoms with Gasteiger partial charge in [0.2, 0.25) is 5.91 Å². The van der Waals surface area contributed by atoms with Crippen molar-refractivity contribution >= 4 is 23.2 Å². The van der Waals surface area contributed by atoms with Crippen LogP contribution in [0.15, 0.2) is 16.8 Å². The molecule has 0 saturated heterocycles. The van der Waals surface area contributed by atoms with Gasteiger partial charge in [0.25, 0.3) is 5.91 Å². The average molecular weight is 252 g/mol. The summed E-state index contributed by atoms with van der Waals surface area (Å²) in [6, 6.07) is 1.88. The summed E-state index contributed by atoms with van der Waals surface area (Å²) < 4.78 is 0.